The zero-order chi connectivity index (χ0) is 22.1. The summed E-state index contributed by atoms with van der Waals surface area (Å²) in [6.07, 6.45) is 0. The van der Waals surface area contributed by atoms with Crippen LogP contribution in [0, 0.1) is 12.7 Å². The lowest BCUT2D eigenvalue weighted by Gasteiger charge is -2.36. The van der Waals surface area contributed by atoms with Crippen LogP contribution in [0.5, 0.6) is 0 Å². The van der Waals surface area contributed by atoms with E-state index in [-0.39, 0.29) is 11.7 Å². The summed E-state index contributed by atoms with van der Waals surface area (Å²) in [5, 5.41) is 0.853. The van der Waals surface area contributed by atoms with E-state index in [4.69, 9.17) is 4.98 Å². The largest absolute Gasteiger partial charge is 0.366 e. The smallest absolute Gasteiger partial charge is 0.254 e. The first kappa shape index (κ1) is 20.2. The number of halogens is 1. The van der Waals surface area contributed by atoms with Crippen LogP contribution in [0.15, 0.2) is 78.9 Å². The molecule has 160 valence electrons. The predicted octanol–water partition coefficient (Wildman–Crippen LogP) is 5.31. The Labute approximate surface area is 186 Å². The summed E-state index contributed by atoms with van der Waals surface area (Å²) in [4.78, 5) is 22.3. The second-order valence-corrected chi connectivity index (χ2v) is 8.12. The molecular weight excluding hydrogens is 401 g/mol. The number of benzene rings is 3. The number of rotatable bonds is 3. The molecule has 32 heavy (non-hydrogen) atoms. The summed E-state index contributed by atoms with van der Waals surface area (Å²) in [5.41, 5.74) is 5.00. The number of carbonyl (C=O) groups excluding carboxylic acids is 1. The Morgan fingerprint density at radius 1 is 0.875 bits per heavy atom. The van der Waals surface area contributed by atoms with Crippen molar-refractivity contribution in [2.24, 2.45) is 0 Å². The lowest BCUT2D eigenvalue weighted by atomic mass is 10.00. The molecule has 0 radical (unpaired) electrons. The van der Waals surface area contributed by atoms with Gasteiger partial charge in [-0.1, -0.05) is 54.6 Å². The van der Waals surface area contributed by atoms with Crippen LogP contribution in [0.1, 0.15) is 15.9 Å². The lowest BCUT2D eigenvalue weighted by molar-refractivity contribution is 0.0748. The normalized spacial score (nSPS) is 14.1. The third-order valence-corrected chi connectivity index (χ3v) is 6.13. The van der Waals surface area contributed by atoms with Crippen LogP contribution in [-0.2, 0) is 0 Å². The molecule has 0 bridgehead atoms. The van der Waals surface area contributed by atoms with Gasteiger partial charge in [-0.05, 0) is 36.8 Å². The number of aryl methyl sites for hydroxylation is 1. The Balaban J connectivity index is 1.46. The first-order valence-corrected chi connectivity index (χ1v) is 10.9. The fourth-order valence-electron chi connectivity index (χ4n) is 4.38. The van der Waals surface area contributed by atoms with Crippen molar-refractivity contribution >= 4 is 22.5 Å². The number of anilines is 1. The highest BCUT2D eigenvalue weighted by Crippen LogP contribution is 2.28. The minimum atomic E-state index is -0.227. The molecule has 0 N–H and O–H groups in total. The molecule has 0 aliphatic carbocycles. The summed E-state index contributed by atoms with van der Waals surface area (Å²) in [6.45, 7) is 4.34. The van der Waals surface area contributed by atoms with Gasteiger partial charge in [-0.15, -0.1) is 0 Å². The van der Waals surface area contributed by atoms with E-state index >= 15 is 0 Å². The number of hydrogen-bond acceptors (Lipinski definition) is 3. The third-order valence-electron chi connectivity index (χ3n) is 6.13. The number of para-hydroxylation sites is 2. The second-order valence-electron chi connectivity index (χ2n) is 8.12. The Morgan fingerprint density at radius 2 is 1.56 bits per heavy atom. The number of hydrogen-bond donors (Lipinski definition) is 0. The van der Waals surface area contributed by atoms with Crippen LogP contribution >= 0.6 is 0 Å². The van der Waals surface area contributed by atoms with Gasteiger partial charge in [0.05, 0.1) is 22.5 Å². The average molecular weight is 426 g/mol. The number of nitrogens with zero attached hydrogens (tertiary/aromatic N) is 3. The summed E-state index contributed by atoms with van der Waals surface area (Å²) in [7, 11) is 0. The van der Waals surface area contributed by atoms with Gasteiger partial charge >= 0.3 is 0 Å². The van der Waals surface area contributed by atoms with Crippen LogP contribution in [0.4, 0.5) is 10.1 Å². The van der Waals surface area contributed by atoms with Crippen molar-refractivity contribution in [1.82, 2.24) is 9.88 Å². The van der Waals surface area contributed by atoms with Crippen LogP contribution in [0.2, 0.25) is 0 Å². The van der Waals surface area contributed by atoms with Crippen molar-refractivity contribution < 1.29 is 9.18 Å². The molecule has 1 aromatic heterocycles. The number of amides is 1. The van der Waals surface area contributed by atoms with E-state index in [0.29, 0.717) is 37.4 Å². The fraction of sp³-hybridized carbons (Fsp3) is 0.185. The van der Waals surface area contributed by atoms with Crippen LogP contribution in [0.25, 0.3) is 22.2 Å². The van der Waals surface area contributed by atoms with Gasteiger partial charge in [-0.25, -0.2) is 9.37 Å². The van der Waals surface area contributed by atoms with Crippen LogP contribution in [0.3, 0.4) is 0 Å². The van der Waals surface area contributed by atoms with Gasteiger partial charge < -0.3 is 9.80 Å². The van der Waals surface area contributed by atoms with Gasteiger partial charge in [0, 0.05) is 37.1 Å². The molecule has 1 fully saturated rings. The number of fused-ring (bicyclic) bond motifs is 1. The zero-order valence-electron chi connectivity index (χ0n) is 18.0. The highest BCUT2D eigenvalue weighted by atomic mass is 19.1. The summed E-state index contributed by atoms with van der Waals surface area (Å²) >= 11 is 0. The molecule has 3 aromatic carbocycles. The average Bonchev–Trinajstić information content (AvgIpc) is 2.84. The van der Waals surface area contributed by atoms with Gasteiger partial charge in [0.25, 0.3) is 5.91 Å². The van der Waals surface area contributed by atoms with Gasteiger partial charge in [0.15, 0.2) is 0 Å². The predicted molar refractivity (Wildman–Crippen MR) is 126 cm³/mol. The summed E-state index contributed by atoms with van der Waals surface area (Å²) < 4.78 is 14.2. The number of piperazine rings is 1. The van der Waals surface area contributed by atoms with E-state index in [2.05, 4.69) is 13.0 Å². The maximum atomic E-state index is 14.2. The van der Waals surface area contributed by atoms with Gasteiger partial charge in [-0.3, -0.25) is 4.79 Å². The Morgan fingerprint density at radius 3 is 2.34 bits per heavy atom. The number of pyridine rings is 1. The maximum Gasteiger partial charge on any atom is 0.254 e. The van der Waals surface area contributed by atoms with Gasteiger partial charge in [0.2, 0.25) is 0 Å². The first-order valence-electron chi connectivity index (χ1n) is 10.9. The van der Waals surface area contributed by atoms with Crippen molar-refractivity contribution in [3.63, 3.8) is 0 Å². The number of carbonyl (C=O) groups is 1. The summed E-state index contributed by atoms with van der Waals surface area (Å²) in [6, 6.07) is 24.6. The van der Waals surface area contributed by atoms with E-state index in [1.54, 1.807) is 12.1 Å². The standard InChI is InChI=1S/C27H24FN3O/c1-19-8-2-3-9-20(19)25-18-22(21-10-4-6-12-24(21)29-25)27(32)31-16-14-30(15-17-31)26-13-7-5-11-23(26)28/h2-13,18H,14-17H2,1H3. The minimum absolute atomic E-state index is 0.00776. The second kappa shape index (κ2) is 8.42. The Bertz CT molecular complexity index is 1300. The molecule has 0 atom stereocenters. The van der Waals surface area contributed by atoms with E-state index in [0.717, 1.165) is 27.7 Å². The van der Waals surface area contributed by atoms with E-state index in [1.165, 1.54) is 6.07 Å². The fourth-order valence-corrected chi connectivity index (χ4v) is 4.38. The molecule has 5 heteroatoms. The molecule has 0 saturated carbocycles. The molecule has 1 aliphatic heterocycles. The molecular formula is C27H24FN3O. The molecule has 0 spiro atoms. The molecule has 1 saturated heterocycles. The van der Waals surface area contributed by atoms with E-state index in [9.17, 15) is 9.18 Å². The third kappa shape index (κ3) is 3.71. The van der Waals surface area contributed by atoms with Gasteiger partial charge in [0.1, 0.15) is 5.82 Å². The molecule has 1 amide bonds. The van der Waals surface area contributed by atoms with Crippen molar-refractivity contribution in [1.29, 1.82) is 0 Å². The van der Waals surface area contributed by atoms with Crippen LogP contribution < -0.4 is 4.90 Å². The first-order chi connectivity index (χ1) is 15.6. The van der Waals surface area contributed by atoms with Crippen LogP contribution in [-0.4, -0.2) is 42.0 Å². The van der Waals surface area contributed by atoms with Gasteiger partial charge in [-0.2, -0.15) is 0 Å². The Hall–Kier alpha value is -3.73. The quantitative estimate of drug-likeness (QED) is 0.446. The van der Waals surface area contributed by atoms with Crippen molar-refractivity contribution in [3.05, 3.63) is 95.8 Å². The van der Waals surface area contributed by atoms with E-state index < -0.39 is 0 Å². The molecule has 1 aliphatic rings. The van der Waals surface area contributed by atoms with Crippen molar-refractivity contribution in [2.75, 3.05) is 31.1 Å². The molecule has 5 rings (SSSR count). The molecule has 2 heterocycles. The maximum absolute atomic E-state index is 14.2. The topological polar surface area (TPSA) is 36.4 Å². The summed E-state index contributed by atoms with van der Waals surface area (Å²) in [5.74, 6) is -0.234. The number of aromatic nitrogens is 1. The minimum Gasteiger partial charge on any atom is -0.366 e. The van der Waals surface area contributed by atoms with Crippen molar-refractivity contribution in [2.45, 2.75) is 6.92 Å². The van der Waals surface area contributed by atoms with E-state index in [1.807, 2.05) is 64.4 Å². The van der Waals surface area contributed by atoms with Crippen molar-refractivity contribution in [3.8, 4) is 11.3 Å². The zero-order valence-corrected chi connectivity index (χ0v) is 18.0. The molecule has 0 unspecified atom stereocenters. The molecule has 4 nitrogen and oxygen atoms in total. The highest BCUT2D eigenvalue weighted by Gasteiger charge is 2.25. The monoisotopic (exact) mass is 425 g/mol. The lowest BCUT2D eigenvalue weighted by Crippen LogP contribution is -2.49. The Kier molecular flexibility index (Phi) is 5.31. The SMILES string of the molecule is Cc1ccccc1-c1cc(C(=O)N2CCN(c3ccccc3F)CC2)c2ccccc2n1. The molecule has 4 aromatic rings. The highest BCUT2D eigenvalue weighted by molar-refractivity contribution is 6.07.